The van der Waals surface area contributed by atoms with Crippen LogP contribution in [0.5, 0.6) is 17.2 Å². The Kier molecular flexibility index (Phi) is 8.96. The van der Waals surface area contributed by atoms with E-state index in [4.69, 9.17) is 14.2 Å². The van der Waals surface area contributed by atoms with E-state index in [0.29, 0.717) is 26.5 Å². The maximum absolute atomic E-state index is 5.62. The Morgan fingerprint density at radius 3 is 2.93 bits per heavy atom. The second-order valence-corrected chi connectivity index (χ2v) is 5.66. The second kappa shape index (κ2) is 11.5. The first-order valence-electron chi connectivity index (χ1n) is 8.78. The Morgan fingerprint density at radius 1 is 1.22 bits per heavy atom. The number of benzene rings is 1. The van der Waals surface area contributed by atoms with Gasteiger partial charge in [0.25, 0.3) is 0 Å². The molecular formula is C19H25IN4O3. The van der Waals surface area contributed by atoms with Crippen molar-refractivity contribution in [1.29, 1.82) is 0 Å². The number of guanidine groups is 1. The van der Waals surface area contributed by atoms with Gasteiger partial charge in [-0.05, 0) is 43.2 Å². The van der Waals surface area contributed by atoms with Gasteiger partial charge in [0.1, 0.15) is 12.4 Å². The van der Waals surface area contributed by atoms with Gasteiger partial charge in [0.2, 0.25) is 6.79 Å². The Balaban J connectivity index is 0.00000261. The monoisotopic (exact) mass is 484 g/mol. The smallest absolute Gasteiger partial charge is 0.231 e. The van der Waals surface area contributed by atoms with Crippen molar-refractivity contribution in [2.75, 3.05) is 33.0 Å². The lowest BCUT2D eigenvalue weighted by Crippen LogP contribution is -2.39. The molecule has 2 heterocycles. The summed E-state index contributed by atoms with van der Waals surface area (Å²) in [5.41, 5.74) is 1.17. The molecule has 0 saturated carbocycles. The van der Waals surface area contributed by atoms with Crippen LogP contribution in [0.2, 0.25) is 0 Å². The summed E-state index contributed by atoms with van der Waals surface area (Å²) < 4.78 is 16.4. The van der Waals surface area contributed by atoms with Crippen molar-refractivity contribution in [2.24, 2.45) is 4.99 Å². The van der Waals surface area contributed by atoms with E-state index in [0.717, 1.165) is 36.2 Å². The van der Waals surface area contributed by atoms with Crippen LogP contribution in [0.15, 0.2) is 47.7 Å². The van der Waals surface area contributed by atoms with Crippen LogP contribution in [-0.4, -0.2) is 44.0 Å². The van der Waals surface area contributed by atoms with Gasteiger partial charge in [0.05, 0.1) is 12.7 Å². The number of ether oxygens (including phenoxy) is 3. The quantitative estimate of drug-likeness (QED) is 0.260. The van der Waals surface area contributed by atoms with Crippen LogP contribution < -0.4 is 24.8 Å². The number of rotatable bonds is 8. The lowest BCUT2D eigenvalue weighted by Gasteiger charge is -2.12. The van der Waals surface area contributed by atoms with Crippen molar-refractivity contribution < 1.29 is 14.2 Å². The first kappa shape index (κ1) is 21.1. The topological polar surface area (TPSA) is 77.0 Å². The third-order valence-corrected chi connectivity index (χ3v) is 3.75. The zero-order valence-corrected chi connectivity index (χ0v) is 17.6. The van der Waals surface area contributed by atoms with Gasteiger partial charge in [-0.25, -0.2) is 0 Å². The minimum atomic E-state index is 0. The average molecular weight is 484 g/mol. The van der Waals surface area contributed by atoms with Gasteiger partial charge in [0.15, 0.2) is 17.5 Å². The highest BCUT2D eigenvalue weighted by atomic mass is 127. The molecule has 1 aromatic heterocycles. The van der Waals surface area contributed by atoms with Crippen LogP contribution in [0, 0.1) is 0 Å². The number of hydrogen-bond acceptors (Lipinski definition) is 5. The third kappa shape index (κ3) is 6.78. The summed E-state index contributed by atoms with van der Waals surface area (Å²) in [4.78, 5) is 8.62. The Hall–Kier alpha value is -2.23. The van der Waals surface area contributed by atoms with E-state index in [1.807, 2.05) is 37.3 Å². The average Bonchev–Trinajstić information content (AvgIpc) is 3.14. The molecule has 146 valence electrons. The Bertz CT molecular complexity index is 728. The van der Waals surface area contributed by atoms with Crippen molar-refractivity contribution in [3.63, 3.8) is 0 Å². The van der Waals surface area contributed by atoms with Gasteiger partial charge in [-0.15, -0.1) is 24.0 Å². The molecule has 1 aliphatic rings. The lowest BCUT2D eigenvalue weighted by molar-refractivity contribution is 0.174. The van der Waals surface area contributed by atoms with Crippen LogP contribution in [0.3, 0.4) is 0 Å². The zero-order valence-electron chi connectivity index (χ0n) is 15.3. The van der Waals surface area contributed by atoms with E-state index < -0.39 is 0 Å². The van der Waals surface area contributed by atoms with Gasteiger partial charge >= 0.3 is 0 Å². The standard InChI is InChI=1S/C19H24N4O3.HI/c1-2-21-19(23-10-11-24-16-4-3-8-20-13-16)22-9-7-15-5-6-17-18(12-15)26-14-25-17;/h3-6,8,12-13H,2,7,9-11,14H2,1H3,(H2,21,22,23);1H. The van der Waals surface area contributed by atoms with Crippen LogP contribution in [0.1, 0.15) is 12.5 Å². The number of aromatic nitrogens is 1. The molecule has 0 bridgehead atoms. The van der Waals surface area contributed by atoms with Crippen molar-refractivity contribution in [3.8, 4) is 17.2 Å². The third-order valence-electron chi connectivity index (χ3n) is 3.75. The van der Waals surface area contributed by atoms with E-state index in [9.17, 15) is 0 Å². The highest BCUT2D eigenvalue weighted by Gasteiger charge is 2.12. The fourth-order valence-corrected chi connectivity index (χ4v) is 2.51. The summed E-state index contributed by atoms with van der Waals surface area (Å²) in [6.45, 7) is 5.02. The number of pyridine rings is 1. The van der Waals surface area contributed by atoms with E-state index in [1.165, 1.54) is 5.56 Å². The van der Waals surface area contributed by atoms with Crippen molar-refractivity contribution in [3.05, 3.63) is 48.3 Å². The summed E-state index contributed by atoms with van der Waals surface area (Å²) in [5.74, 6) is 3.16. The molecule has 0 amide bonds. The molecule has 0 fully saturated rings. The summed E-state index contributed by atoms with van der Waals surface area (Å²) in [6, 6.07) is 9.74. The SMILES string of the molecule is CCNC(=NCCc1ccc2c(c1)OCO2)NCCOc1cccnc1.I. The number of nitrogens with zero attached hydrogens (tertiary/aromatic N) is 2. The highest BCUT2D eigenvalue weighted by Crippen LogP contribution is 2.32. The Morgan fingerprint density at radius 2 is 2.11 bits per heavy atom. The molecule has 0 spiro atoms. The Labute approximate surface area is 176 Å². The molecule has 0 unspecified atom stereocenters. The maximum Gasteiger partial charge on any atom is 0.231 e. The molecule has 0 atom stereocenters. The molecule has 3 rings (SSSR count). The molecule has 1 aliphatic heterocycles. The van der Waals surface area contributed by atoms with Crippen LogP contribution >= 0.6 is 24.0 Å². The molecule has 0 aliphatic carbocycles. The van der Waals surface area contributed by atoms with Gasteiger partial charge < -0.3 is 24.8 Å². The van der Waals surface area contributed by atoms with Gasteiger partial charge in [0, 0.05) is 19.3 Å². The lowest BCUT2D eigenvalue weighted by atomic mass is 10.1. The van der Waals surface area contributed by atoms with E-state index in [-0.39, 0.29) is 24.0 Å². The first-order chi connectivity index (χ1) is 12.8. The number of nitrogens with one attached hydrogen (secondary N) is 2. The summed E-state index contributed by atoms with van der Waals surface area (Å²) >= 11 is 0. The van der Waals surface area contributed by atoms with Crippen molar-refractivity contribution >= 4 is 29.9 Å². The molecule has 27 heavy (non-hydrogen) atoms. The summed E-state index contributed by atoms with van der Waals surface area (Å²) in [7, 11) is 0. The molecule has 2 aromatic rings. The van der Waals surface area contributed by atoms with Gasteiger partial charge in [-0.2, -0.15) is 0 Å². The summed E-state index contributed by atoms with van der Waals surface area (Å²) in [5, 5.41) is 6.50. The van der Waals surface area contributed by atoms with Crippen LogP contribution in [-0.2, 0) is 6.42 Å². The van der Waals surface area contributed by atoms with Crippen molar-refractivity contribution in [2.45, 2.75) is 13.3 Å². The number of halogens is 1. The zero-order chi connectivity index (χ0) is 18.0. The fraction of sp³-hybridized carbons (Fsp3) is 0.368. The first-order valence-corrected chi connectivity index (χ1v) is 8.78. The summed E-state index contributed by atoms with van der Waals surface area (Å²) in [6.07, 6.45) is 4.26. The van der Waals surface area contributed by atoms with E-state index in [2.05, 4.69) is 20.6 Å². The van der Waals surface area contributed by atoms with Gasteiger partial charge in [-0.1, -0.05) is 6.07 Å². The second-order valence-electron chi connectivity index (χ2n) is 5.66. The van der Waals surface area contributed by atoms with E-state index in [1.54, 1.807) is 12.4 Å². The normalized spacial score (nSPS) is 12.3. The molecule has 1 aromatic carbocycles. The predicted octanol–water partition coefficient (Wildman–Crippen LogP) is 2.60. The van der Waals surface area contributed by atoms with Crippen LogP contribution in [0.25, 0.3) is 0 Å². The minimum absolute atomic E-state index is 0. The molecule has 2 N–H and O–H groups in total. The molecule has 0 radical (unpaired) electrons. The highest BCUT2D eigenvalue weighted by molar-refractivity contribution is 14.0. The van der Waals surface area contributed by atoms with E-state index >= 15 is 0 Å². The molecule has 0 saturated heterocycles. The molecule has 7 nitrogen and oxygen atoms in total. The predicted molar refractivity (Wildman–Crippen MR) is 115 cm³/mol. The number of hydrogen-bond donors (Lipinski definition) is 2. The molecule has 8 heteroatoms. The fourth-order valence-electron chi connectivity index (χ4n) is 2.51. The molecular weight excluding hydrogens is 459 g/mol. The van der Waals surface area contributed by atoms with Gasteiger partial charge in [-0.3, -0.25) is 9.98 Å². The number of aliphatic imine (C=N–C) groups is 1. The number of fused-ring (bicyclic) bond motifs is 1. The van der Waals surface area contributed by atoms with Crippen LogP contribution in [0.4, 0.5) is 0 Å². The minimum Gasteiger partial charge on any atom is -0.490 e. The van der Waals surface area contributed by atoms with Crippen molar-refractivity contribution in [1.82, 2.24) is 15.6 Å². The largest absolute Gasteiger partial charge is 0.490 e. The maximum atomic E-state index is 5.62.